The third-order valence-electron chi connectivity index (χ3n) is 4.35. The van der Waals surface area contributed by atoms with Gasteiger partial charge in [-0.05, 0) is 17.7 Å². The fourth-order valence-corrected chi connectivity index (χ4v) is 3.20. The number of aromatic nitrogens is 2. The van der Waals surface area contributed by atoms with Gasteiger partial charge in [-0.3, -0.25) is 14.3 Å². The molecule has 1 aromatic carbocycles. The third kappa shape index (κ3) is 4.38. The Labute approximate surface area is 169 Å². The summed E-state index contributed by atoms with van der Waals surface area (Å²) in [6.07, 6.45) is -2.28. The van der Waals surface area contributed by atoms with Crippen LogP contribution in [0.1, 0.15) is 17.4 Å². The first-order valence-electron chi connectivity index (χ1n) is 8.37. The molecule has 10 heteroatoms. The number of nitrogens with one attached hydrogen (secondary N) is 1. The van der Waals surface area contributed by atoms with Gasteiger partial charge >= 0.3 is 5.69 Å². The first-order chi connectivity index (χ1) is 13.4. The van der Waals surface area contributed by atoms with E-state index in [2.05, 4.69) is 4.98 Å². The summed E-state index contributed by atoms with van der Waals surface area (Å²) in [5, 5.41) is 21.1. The van der Waals surface area contributed by atoms with Gasteiger partial charge in [0.25, 0.3) is 5.56 Å². The Morgan fingerprint density at radius 2 is 2.00 bits per heavy atom. The molecule has 0 aliphatic carbocycles. The van der Waals surface area contributed by atoms with Gasteiger partial charge in [0.05, 0.1) is 18.8 Å². The van der Waals surface area contributed by atoms with Gasteiger partial charge in [-0.1, -0.05) is 41.4 Å². The van der Waals surface area contributed by atoms with Crippen LogP contribution in [-0.4, -0.2) is 44.7 Å². The van der Waals surface area contributed by atoms with E-state index in [9.17, 15) is 19.8 Å². The van der Waals surface area contributed by atoms with Crippen molar-refractivity contribution in [3.05, 3.63) is 73.0 Å². The molecule has 1 saturated heterocycles. The van der Waals surface area contributed by atoms with Gasteiger partial charge in [-0.25, -0.2) is 4.79 Å². The number of ether oxygens (including phenoxy) is 2. The van der Waals surface area contributed by atoms with E-state index in [1.54, 1.807) is 18.2 Å². The maximum atomic E-state index is 12.1. The van der Waals surface area contributed by atoms with Gasteiger partial charge in [-0.2, -0.15) is 0 Å². The minimum absolute atomic E-state index is 0.0352. The number of nitrogens with zero attached hydrogens (tertiary/aromatic N) is 1. The molecule has 0 saturated carbocycles. The lowest BCUT2D eigenvalue weighted by Gasteiger charge is -2.17. The highest BCUT2D eigenvalue weighted by Gasteiger charge is 2.44. The van der Waals surface area contributed by atoms with Crippen LogP contribution in [0.4, 0.5) is 0 Å². The van der Waals surface area contributed by atoms with E-state index >= 15 is 0 Å². The first-order valence-corrected chi connectivity index (χ1v) is 9.18. The van der Waals surface area contributed by atoms with Gasteiger partial charge in [0.15, 0.2) is 6.23 Å². The second-order valence-corrected chi connectivity index (χ2v) is 6.86. The second kappa shape index (κ2) is 9.04. The Kier molecular flexibility index (Phi) is 6.71. The van der Waals surface area contributed by atoms with E-state index in [1.807, 2.05) is 6.07 Å². The van der Waals surface area contributed by atoms with E-state index in [1.165, 1.54) is 12.3 Å². The maximum Gasteiger partial charge on any atom is 0.330 e. The molecule has 1 aliphatic heterocycles. The monoisotopic (exact) mass is 428 g/mol. The molecule has 3 N–H and O–H groups in total. The molecule has 150 valence electrons. The van der Waals surface area contributed by atoms with E-state index in [0.29, 0.717) is 5.02 Å². The summed E-state index contributed by atoms with van der Waals surface area (Å²) in [6, 6.07) is 7.15. The van der Waals surface area contributed by atoms with Crippen molar-refractivity contribution in [2.45, 2.75) is 31.1 Å². The van der Waals surface area contributed by atoms with Crippen molar-refractivity contribution >= 4 is 29.3 Å². The Hall–Kier alpha value is -1.94. The summed E-state index contributed by atoms with van der Waals surface area (Å²) in [5.74, 6) is 0. The topological polar surface area (TPSA) is 114 Å². The lowest BCUT2D eigenvalue weighted by Crippen LogP contribution is -2.38. The number of hydrogen-bond acceptors (Lipinski definition) is 6. The molecule has 8 nitrogen and oxygen atoms in total. The van der Waals surface area contributed by atoms with Crippen LogP contribution >= 0.6 is 23.2 Å². The first kappa shape index (κ1) is 20.8. The van der Waals surface area contributed by atoms with Gasteiger partial charge in [-0.15, -0.1) is 0 Å². The lowest BCUT2D eigenvalue weighted by atomic mass is 10.1. The normalized spacial score (nSPS) is 24.9. The quantitative estimate of drug-likeness (QED) is 0.637. The molecule has 0 bridgehead atoms. The molecule has 1 aliphatic rings. The number of H-pyrrole nitrogens is 1. The van der Waals surface area contributed by atoms with Gasteiger partial charge in [0, 0.05) is 16.8 Å². The second-order valence-electron chi connectivity index (χ2n) is 6.20. The van der Waals surface area contributed by atoms with Crippen molar-refractivity contribution in [2.75, 3.05) is 6.61 Å². The SMILES string of the molecule is O=c1[nH]c(=O)n([C@@H]2O[C@H](COCc3ccccc3Cl)[C@@H](O)[C@@H]2O)cc1C=CCl. The van der Waals surface area contributed by atoms with Crippen molar-refractivity contribution in [1.29, 1.82) is 0 Å². The molecule has 1 fully saturated rings. The van der Waals surface area contributed by atoms with Gasteiger partial charge < -0.3 is 19.7 Å². The van der Waals surface area contributed by atoms with E-state index in [-0.39, 0.29) is 18.8 Å². The fraction of sp³-hybridized carbons (Fsp3) is 0.333. The molecule has 0 spiro atoms. The summed E-state index contributed by atoms with van der Waals surface area (Å²) >= 11 is 11.5. The zero-order valence-corrected chi connectivity index (χ0v) is 16.0. The highest BCUT2D eigenvalue weighted by molar-refractivity contribution is 6.31. The predicted octanol–water partition coefficient (Wildman–Crippen LogP) is 1.24. The molecule has 4 atom stereocenters. The number of aliphatic hydroxyl groups is 2. The summed E-state index contributed by atoms with van der Waals surface area (Å²) in [5.41, 5.74) is 0.559. The molecule has 3 rings (SSSR count). The molecule has 1 aromatic heterocycles. The zero-order valence-electron chi connectivity index (χ0n) is 14.5. The molecule has 2 aromatic rings. The summed E-state index contributed by atoms with van der Waals surface area (Å²) in [7, 11) is 0. The minimum atomic E-state index is -1.40. The van der Waals surface area contributed by atoms with Crippen molar-refractivity contribution < 1.29 is 19.7 Å². The Balaban J connectivity index is 1.72. The molecule has 0 unspecified atom stereocenters. The average Bonchev–Trinajstić information content (AvgIpc) is 2.94. The Morgan fingerprint density at radius 3 is 2.71 bits per heavy atom. The molecule has 0 radical (unpaired) electrons. The van der Waals surface area contributed by atoms with Gasteiger partial charge in [0.1, 0.15) is 18.3 Å². The summed E-state index contributed by atoms with van der Waals surface area (Å²) < 4.78 is 12.2. The van der Waals surface area contributed by atoms with Crippen molar-refractivity contribution in [3.8, 4) is 0 Å². The number of aliphatic hydroxyl groups excluding tert-OH is 2. The Bertz CT molecular complexity index is 973. The highest BCUT2D eigenvalue weighted by atomic mass is 35.5. The summed E-state index contributed by atoms with van der Waals surface area (Å²) in [6.45, 7) is 0.156. The van der Waals surface area contributed by atoms with E-state index in [0.717, 1.165) is 15.7 Å². The lowest BCUT2D eigenvalue weighted by molar-refractivity contribution is -0.0711. The maximum absolute atomic E-state index is 12.1. The number of hydrogen-bond donors (Lipinski definition) is 3. The van der Waals surface area contributed by atoms with E-state index in [4.69, 9.17) is 32.7 Å². The van der Waals surface area contributed by atoms with Crippen LogP contribution in [0, 0.1) is 0 Å². The smallest absolute Gasteiger partial charge is 0.330 e. The molecular weight excluding hydrogens is 411 g/mol. The van der Waals surface area contributed by atoms with Crippen LogP contribution in [0.5, 0.6) is 0 Å². The highest BCUT2D eigenvalue weighted by Crippen LogP contribution is 2.29. The number of aromatic amines is 1. The molecule has 2 heterocycles. The minimum Gasteiger partial charge on any atom is -0.387 e. The van der Waals surface area contributed by atoms with Crippen LogP contribution in [-0.2, 0) is 16.1 Å². The number of rotatable bonds is 6. The number of halogens is 2. The zero-order chi connectivity index (χ0) is 20.3. The van der Waals surface area contributed by atoms with Crippen molar-refractivity contribution in [1.82, 2.24) is 9.55 Å². The van der Waals surface area contributed by atoms with Crippen LogP contribution in [0.25, 0.3) is 6.08 Å². The van der Waals surface area contributed by atoms with E-state index < -0.39 is 35.8 Å². The van der Waals surface area contributed by atoms with Gasteiger partial charge in [0.2, 0.25) is 0 Å². The third-order valence-corrected chi connectivity index (χ3v) is 4.84. The van der Waals surface area contributed by atoms with Crippen LogP contribution in [0.15, 0.2) is 45.6 Å². The van der Waals surface area contributed by atoms with Crippen molar-refractivity contribution in [2.24, 2.45) is 0 Å². The standard InChI is InChI=1S/C18H18Cl2N2O6/c19-6-5-10-7-22(18(26)21-16(10)25)17-15(24)14(23)13(28-17)9-27-8-11-3-1-2-4-12(11)20/h1-7,13-15,17,23-24H,8-9H2,(H,21,25,26)/t13-,14-,15+,17-/m1/s1. The fourth-order valence-electron chi connectivity index (χ4n) is 2.87. The van der Waals surface area contributed by atoms with Crippen LogP contribution in [0.3, 0.4) is 0 Å². The average molecular weight is 429 g/mol. The molecule has 0 amide bonds. The van der Waals surface area contributed by atoms with Crippen LogP contribution in [0.2, 0.25) is 5.02 Å². The largest absolute Gasteiger partial charge is 0.387 e. The van der Waals surface area contributed by atoms with Crippen molar-refractivity contribution in [3.63, 3.8) is 0 Å². The summed E-state index contributed by atoms with van der Waals surface area (Å²) in [4.78, 5) is 26.0. The molecule has 28 heavy (non-hydrogen) atoms. The van der Waals surface area contributed by atoms with Crippen LogP contribution < -0.4 is 11.2 Å². The predicted molar refractivity (Wildman–Crippen MR) is 103 cm³/mol. The molecular formula is C18H18Cl2N2O6. The number of benzene rings is 1. The Morgan fingerprint density at radius 1 is 1.25 bits per heavy atom.